The van der Waals surface area contributed by atoms with E-state index in [1.165, 1.54) is 30.9 Å². The third-order valence-corrected chi connectivity index (χ3v) is 6.47. The second-order valence-corrected chi connectivity index (χ2v) is 10.5. The Morgan fingerprint density at radius 3 is 2.35 bits per heavy atom. The van der Waals surface area contributed by atoms with E-state index in [1.807, 2.05) is 12.1 Å². The van der Waals surface area contributed by atoms with E-state index in [4.69, 9.17) is 4.89 Å². The molecule has 0 saturated heterocycles. The van der Waals surface area contributed by atoms with Crippen LogP contribution in [0.4, 0.5) is 0 Å². The Labute approximate surface area is 223 Å². The molecule has 1 N–H and O–H groups in total. The zero-order valence-corrected chi connectivity index (χ0v) is 22.9. The number of benzene rings is 2. The van der Waals surface area contributed by atoms with Crippen LogP contribution in [0.3, 0.4) is 0 Å². The average Bonchev–Trinajstić information content (AvgIpc) is 2.78. The summed E-state index contributed by atoms with van der Waals surface area (Å²) in [4.78, 5) is 24.7. The molecule has 1 atom stereocenters. The standard InChI is InChI=1S/C25H28N2O5S.Na/c1-18(28)31-32-22-8-5-7-20(16-22)24(27-33(29,30)23-9-6-14-26-17-23)15-19-10-12-21(13-11-19)25(2,3)4;/h5-14,16-17,24,27H,15H2,1-4H3;. The van der Waals surface area contributed by atoms with E-state index in [-0.39, 0.29) is 45.6 Å². The molecule has 0 bridgehead atoms. The molecule has 1 radical (unpaired) electrons. The van der Waals surface area contributed by atoms with Crippen LogP contribution in [0.5, 0.6) is 5.75 Å². The summed E-state index contributed by atoms with van der Waals surface area (Å²) in [6.07, 6.45) is 3.22. The van der Waals surface area contributed by atoms with Crippen molar-refractivity contribution < 1.29 is 23.0 Å². The van der Waals surface area contributed by atoms with Gasteiger partial charge in [-0.15, -0.1) is 0 Å². The van der Waals surface area contributed by atoms with E-state index in [1.54, 1.807) is 30.3 Å². The van der Waals surface area contributed by atoms with Crippen LogP contribution in [0.2, 0.25) is 0 Å². The number of pyridine rings is 1. The van der Waals surface area contributed by atoms with E-state index < -0.39 is 22.0 Å². The SMILES string of the molecule is CC(=O)OOc1cccc(C(Cc2ccc(C(C)(C)C)cc2)NS(=O)(=O)c2cccnc2)c1.[Na]. The largest absolute Gasteiger partial charge is 0.352 e. The van der Waals surface area contributed by atoms with Crippen LogP contribution in [0.15, 0.2) is 78.0 Å². The third kappa shape index (κ3) is 7.92. The maximum absolute atomic E-state index is 13.0. The number of aromatic nitrogens is 1. The number of rotatable bonds is 8. The van der Waals surface area contributed by atoms with Crippen molar-refractivity contribution in [3.8, 4) is 5.75 Å². The molecule has 1 heterocycles. The van der Waals surface area contributed by atoms with Crippen LogP contribution >= 0.6 is 0 Å². The van der Waals surface area contributed by atoms with Gasteiger partial charge < -0.3 is 0 Å². The van der Waals surface area contributed by atoms with Crippen molar-refractivity contribution in [1.29, 1.82) is 0 Å². The first-order chi connectivity index (χ1) is 15.5. The Morgan fingerprint density at radius 2 is 1.76 bits per heavy atom. The summed E-state index contributed by atoms with van der Waals surface area (Å²) >= 11 is 0. The van der Waals surface area contributed by atoms with Crippen molar-refractivity contribution in [3.05, 3.63) is 89.7 Å². The molecule has 0 aliphatic heterocycles. The minimum Gasteiger partial charge on any atom is -0.287 e. The van der Waals surface area contributed by atoms with Crippen LogP contribution in [-0.2, 0) is 31.5 Å². The summed E-state index contributed by atoms with van der Waals surface area (Å²) in [5, 5.41) is 0. The normalized spacial score (nSPS) is 12.4. The number of hydrogen-bond acceptors (Lipinski definition) is 6. The van der Waals surface area contributed by atoms with Gasteiger partial charge in [-0.3, -0.25) is 14.8 Å². The quantitative estimate of drug-likeness (QED) is 0.289. The van der Waals surface area contributed by atoms with Gasteiger partial charge in [-0.05, 0) is 52.8 Å². The molecule has 2 aromatic carbocycles. The number of carbonyl (C=O) groups is 1. The number of hydrogen-bond donors (Lipinski definition) is 1. The summed E-state index contributed by atoms with van der Waals surface area (Å²) < 4.78 is 28.9. The number of nitrogens with zero attached hydrogens (tertiary/aromatic N) is 1. The van der Waals surface area contributed by atoms with Gasteiger partial charge in [-0.1, -0.05) is 57.2 Å². The van der Waals surface area contributed by atoms with E-state index >= 15 is 0 Å². The molecule has 3 rings (SSSR count). The van der Waals surface area contributed by atoms with Crippen molar-refractivity contribution in [2.24, 2.45) is 0 Å². The molecule has 7 nitrogen and oxygen atoms in total. The maximum Gasteiger partial charge on any atom is 0.352 e. The molecular weight excluding hydrogens is 463 g/mol. The molecule has 34 heavy (non-hydrogen) atoms. The fourth-order valence-corrected chi connectivity index (χ4v) is 4.44. The van der Waals surface area contributed by atoms with Crippen LogP contribution < -0.4 is 9.61 Å². The topological polar surface area (TPSA) is 94.6 Å². The fourth-order valence-electron chi connectivity index (χ4n) is 3.26. The van der Waals surface area contributed by atoms with E-state index in [2.05, 4.69) is 47.5 Å². The zero-order valence-electron chi connectivity index (χ0n) is 20.1. The number of sulfonamides is 1. The molecule has 9 heteroatoms. The van der Waals surface area contributed by atoms with Crippen LogP contribution in [-0.4, -0.2) is 48.9 Å². The van der Waals surface area contributed by atoms with Gasteiger partial charge in [-0.2, -0.15) is 0 Å². The van der Waals surface area contributed by atoms with E-state index in [9.17, 15) is 13.2 Å². The average molecular weight is 492 g/mol. The number of nitrogens with one attached hydrogen (secondary N) is 1. The number of carbonyl (C=O) groups excluding carboxylic acids is 1. The molecule has 0 amide bonds. The minimum atomic E-state index is -3.84. The van der Waals surface area contributed by atoms with Gasteiger partial charge >= 0.3 is 5.97 Å². The maximum atomic E-state index is 13.0. The zero-order chi connectivity index (χ0) is 24.1. The first kappa shape index (κ1) is 28.0. The van der Waals surface area contributed by atoms with Gasteiger partial charge in [0.2, 0.25) is 10.0 Å². The molecule has 0 fully saturated rings. The predicted octanol–water partition coefficient (Wildman–Crippen LogP) is 4.12. The van der Waals surface area contributed by atoms with Gasteiger partial charge in [0.05, 0.1) is 6.04 Å². The van der Waals surface area contributed by atoms with Crippen LogP contribution in [0, 0.1) is 0 Å². The Morgan fingerprint density at radius 1 is 1.06 bits per heavy atom. The predicted molar refractivity (Wildman–Crippen MR) is 131 cm³/mol. The third-order valence-electron chi connectivity index (χ3n) is 5.02. The fraction of sp³-hybridized carbons (Fsp3) is 0.280. The van der Waals surface area contributed by atoms with Gasteiger partial charge in [0.25, 0.3) is 0 Å². The summed E-state index contributed by atoms with van der Waals surface area (Å²) in [5.41, 5.74) is 2.83. The second-order valence-electron chi connectivity index (χ2n) is 8.74. The first-order valence-electron chi connectivity index (χ1n) is 10.5. The monoisotopic (exact) mass is 491 g/mol. The molecule has 175 valence electrons. The molecule has 1 aromatic heterocycles. The summed E-state index contributed by atoms with van der Waals surface area (Å²) in [7, 11) is -3.84. The Hall–Kier alpha value is -2.23. The Kier molecular flexibility index (Phi) is 9.84. The molecule has 0 aliphatic rings. The second kappa shape index (κ2) is 12.0. The summed E-state index contributed by atoms with van der Waals surface area (Å²) in [6.45, 7) is 7.65. The molecule has 0 saturated carbocycles. The van der Waals surface area contributed by atoms with E-state index in [0.717, 1.165) is 5.56 Å². The Balaban J connectivity index is 0.00000408. The van der Waals surface area contributed by atoms with Crippen LogP contribution in [0.1, 0.15) is 50.4 Å². The van der Waals surface area contributed by atoms with Gasteiger partial charge in [0, 0.05) is 48.9 Å². The molecule has 1 unspecified atom stereocenters. The molecule has 3 aromatic rings. The van der Waals surface area contributed by atoms with Gasteiger partial charge in [-0.25, -0.2) is 17.9 Å². The first-order valence-corrected chi connectivity index (χ1v) is 12.0. The van der Waals surface area contributed by atoms with Crippen molar-refractivity contribution in [3.63, 3.8) is 0 Å². The smallest absolute Gasteiger partial charge is 0.287 e. The van der Waals surface area contributed by atoms with E-state index in [0.29, 0.717) is 12.0 Å². The Bertz CT molecular complexity index is 1190. The minimum absolute atomic E-state index is 0. The molecular formula is C25H28N2NaO5S. The summed E-state index contributed by atoms with van der Waals surface area (Å²) in [6, 6.07) is 17.4. The van der Waals surface area contributed by atoms with Gasteiger partial charge in [0.15, 0.2) is 5.75 Å². The van der Waals surface area contributed by atoms with Gasteiger partial charge in [0.1, 0.15) is 4.90 Å². The molecule has 0 aliphatic carbocycles. The van der Waals surface area contributed by atoms with Crippen LogP contribution in [0.25, 0.3) is 0 Å². The van der Waals surface area contributed by atoms with Crippen molar-refractivity contribution in [2.45, 2.75) is 50.5 Å². The van der Waals surface area contributed by atoms with Crippen molar-refractivity contribution in [2.75, 3.05) is 0 Å². The summed E-state index contributed by atoms with van der Waals surface area (Å²) in [5.74, 6) is -0.301. The molecule has 0 spiro atoms. The van der Waals surface area contributed by atoms with Crippen molar-refractivity contribution in [1.82, 2.24) is 9.71 Å². The van der Waals surface area contributed by atoms with Crippen molar-refractivity contribution >= 4 is 45.5 Å².